The van der Waals surface area contributed by atoms with Gasteiger partial charge in [0.25, 0.3) is 0 Å². The Bertz CT molecular complexity index is 611. The van der Waals surface area contributed by atoms with Crippen LogP contribution in [0.4, 0.5) is 11.4 Å². The lowest BCUT2D eigenvalue weighted by Crippen LogP contribution is -2.23. The lowest BCUT2D eigenvalue weighted by Gasteiger charge is -2.27. The third kappa shape index (κ3) is 3.76. The van der Waals surface area contributed by atoms with Crippen LogP contribution in [-0.4, -0.2) is 12.4 Å². The quantitative estimate of drug-likeness (QED) is 0.607. The zero-order chi connectivity index (χ0) is 15.2. The van der Waals surface area contributed by atoms with Gasteiger partial charge in [0, 0.05) is 22.8 Å². The van der Waals surface area contributed by atoms with Crippen molar-refractivity contribution >= 4 is 28.8 Å². The van der Waals surface area contributed by atoms with Crippen LogP contribution in [0.3, 0.4) is 0 Å². The number of rotatable bonds is 6. The maximum absolute atomic E-state index is 7.80. The SMILES string of the molecule is CCCCN(c1ccccc1)c1ccc(Cl)cc1C(=N)N. The van der Waals surface area contributed by atoms with E-state index in [1.54, 1.807) is 6.07 Å². The van der Waals surface area contributed by atoms with Crippen LogP contribution in [0.15, 0.2) is 48.5 Å². The van der Waals surface area contributed by atoms with Gasteiger partial charge in [0.05, 0.1) is 5.69 Å². The predicted octanol–water partition coefficient (Wildman–Crippen LogP) is 4.56. The molecule has 0 amide bonds. The minimum Gasteiger partial charge on any atom is -0.384 e. The number of benzene rings is 2. The maximum atomic E-state index is 7.80. The molecule has 4 heteroatoms. The summed E-state index contributed by atoms with van der Waals surface area (Å²) in [6.07, 6.45) is 2.17. The molecule has 0 unspecified atom stereocenters. The second-order valence-corrected chi connectivity index (χ2v) is 5.35. The fourth-order valence-corrected chi connectivity index (χ4v) is 2.44. The molecular formula is C17H20ClN3. The molecule has 0 spiro atoms. The van der Waals surface area contributed by atoms with E-state index >= 15 is 0 Å². The molecule has 21 heavy (non-hydrogen) atoms. The molecule has 0 bridgehead atoms. The van der Waals surface area contributed by atoms with E-state index < -0.39 is 0 Å². The maximum Gasteiger partial charge on any atom is 0.124 e. The average molecular weight is 302 g/mol. The standard InChI is InChI=1S/C17H20ClN3/c1-2-3-11-21(14-7-5-4-6-8-14)16-10-9-13(18)12-15(16)17(19)20/h4-10,12H,2-3,11H2,1H3,(H3,19,20). The van der Waals surface area contributed by atoms with Crippen LogP contribution in [0.25, 0.3) is 0 Å². The molecule has 2 aromatic rings. The van der Waals surface area contributed by atoms with Crippen molar-refractivity contribution in [2.24, 2.45) is 5.73 Å². The molecule has 3 N–H and O–H groups in total. The van der Waals surface area contributed by atoms with E-state index in [1.165, 1.54) is 0 Å². The molecule has 0 aliphatic carbocycles. The van der Waals surface area contributed by atoms with Gasteiger partial charge in [-0.05, 0) is 36.8 Å². The summed E-state index contributed by atoms with van der Waals surface area (Å²) in [4.78, 5) is 2.19. The number of halogens is 1. The van der Waals surface area contributed by atoms with Crippen LogP contribution in [0.5, 0.6) is 0 Å². The number of unbranched alkanes of at least 4 members (excludes halogenated alkanes) is 1. The van der Waals surface area contributed by atoms with E-state index in [0.717, 1.165) is 30.8 Å². The van der Waals surface area contributed by atoms with Crippen molar-refractivity contribution in [1.82, 2.24) is 0 Å². The largest absolute Gasteiger partial charge is 0.384 e. The summed E-state index contributed by atoms with van der Waals surface area (Å²) in [5.74, 6) is 0.0323. The number of hydrogen-bond acceptors (Lipinski definition) is 2. The Labute approximate surface area is 130 Å². The van der Waals surface area contributed by atoms with Gasteiger partial charge in [-0.2, -0.15) is 0 Å². The van der Waals surface area contributed by atoms with Crippen LogP contribution in [0.2, 0.25) is 5.02 Å². The Morgan fingerprint density at radius 1 is 1.19 bits per heavy atom. The number of anilines is 2. The Hall–Kier alpha value is -2.00. The van der Waals surface area contributed by atoms with Crippen molar-refractivity contribution in [1.29, 1.82) is 5.41 Å². The van der Waals surface area contributed by atoms with Crippen LogP contribution in [-0.2, 0) is 0 Å². The predicted molar refractivity (Wildman–Crippen MR) is 90.8 cm³/mol. The number of nitrogens with zero attached hydrogens (tertiary/aromatic N) is 1. The number of hydrogen-bond donors (Lipinski definition) is 2. The van der Waals surface area contributed by atoms with Gasteiger partial charge >= 0.3 is 0 Å². The Morgan fingerprint density at radius 2 is 1.90 bits per heavy atom. The second-order valence-electron chi connectivity index (χ2n) is 4.92. The van der Waals surface area contributed by atoms with Gasteiger partial charge in [0.15, 0.2) is 0 Å². The first-order valence-electron chi connectivity index (χ1n) is 7.10. The number of nitrogens with two attached hydrogens (primary N) is 1. The normalized spacial score (nSPS) is 10.4. The minimum atomic E-state index is 0.0323. The Balaban J connectivity index is 2.48. The van der Waals surface area contributed by atoms with E-state index in [2.05, 4.69) is 24.0 Å². The number of amidine groups is 1. The third-order valence-corrected chi connectivity index (χ3v) is 3.58. The molecule has 0 aromatic heterocycles. The van der Waals surface area contributed by atoms with Crippen LogP contribution < -0.4 is 10.6 Å². The molecule has 2 rings (SSSR count). The van der Waals surface area contributed by atoms with E-state index in [-0.39, 0.29) is 5.84 Å². The molecule has 0 fully saturated rings. The highest BCUT2D eigenvalue weighted by Crippen LogP contribution is 2.30. The van der Waals surface area contributed by atoms with Gasteiger partial charge < -0.3 is 10.6 Å². The summed E-state index contributed by atoms with van der Waals surface area (Å²) in [5.41, 5.74) is 8.41. The summed E-state index contributed by atoms with van der Waals surface area (Å²) in [6.45, 7) is 3.04. The molecule has 0 saturated heterocycles. The smallest absolute Gasteiger partial charge is 0.124 e. The Morgan fingerprint density at radius 3 is 2.52 bits per heavy atom. The molecule has 0 radical (unpaired) electrons. The molecule has 0 atom stereocenters. The fourth-order valence-electron chi connectivity index (χ4n) is 2.27. The number of nitrogen functional groups attached to an aromatic ring is 1. The first-order chi connectivity index (χ1) is 10.1. The van der Waals surface area contributed by atoms with Crippen molar-refractivity contribution in [2.75, 3.05) is 11.4 Å². The summed E-state index contributed by atoms with van der Waals surface area (Å²) >= 11 is 6.05. The molecular weight excluding hydrogens is 282 g/mol. The van der Waals surface area contributed by atoms with Gasteiger partial charge in [0.1, 0.15) is 5.84 Å². The molecule has 3 nitrogen and oxygen atoms in total. The molecule has 0 aliphatic rings. The third-order valence-electron chi connectivity index (χ3n) is 3.34. The van der Waals surface area contributed by atoms with Gasteiger partial charge in [-0.3, -0.25) is 5.41 Å². The monoisotopic (exact) mass is 301 g/mol. The molecule has 110 valence electrons. The summed E-state index contributed by atoms with van der Waals surface area (Å²) in [7, 11) is 0. The van der Waals surface area contributed by atoms with Crippen molar-refractivity contribution in [3.63, 3.8) is 0 Å². The molecule has 0 saturated carbocycles. The van der Waals surface area contributed by atoms with Crippen molar-refractivity contribution in [2.45, 2.75) is 19.8 Å². The van der Waals surface area contributed by atoms with Gasteiger partial charge in [-0.15, -0.1) is 0 Å². The van der Waals surface area contributed by atoms with Crippen LogP contribution in [0, 0.1) is 5.41 Å². The van der Waals surface area contributed by atoms with Gasteiger partial charge in [-0.1, -0.05) is 43.1 Å². The zero-order valence-electron chi connectivity index (χ0n) is 12.1. The molecule has 0 heterocycles. The van der Waals surface area contributed by atoms with Crippen molar-refractivity contribution < 1.29 is 0 Å². The van der Waals surface area contributed by atoms with Gasteiger partial charge in [0.2, 0.25) is 0 Å². The topological polar surface area (TPSA) is 53.1 Å². The fraction of sp³-hybridized carbons (Fsp3) is 0.235. The zero-order valence-corrected chi connectivity index (χ0v) is 12.9. The van der Waals surface area contributed by atoms with Crippen molar-refractivity contribution in [3.8, 4) is 0 Å². The summed E-state index contributed by atoms with van der Waals surface area (Å²) < 4.78 is 0. The second kappa shape index (κ2) is 7.14. The average Bonchev–Trinajstić information content (AvgIpc) is 2.49. The lowest BCUT2D eigenvalue weighted by atomic mass is 10.1. The van der Waals surface area contributed by atoms with Crippen LogP contribution in [0.1, 0.15) is 25.3 Å². The highest BCUT2D eigenvalue weighted by molar-refractivity contribution is 6.31. The van der Waals surface area contributed by atoms with Crippen molar-refractivity contribution in [3.05, 3.63) is 59.1 Å². The van der Waals surface area contributed by atoms with E-state index in [1.807, 2.05) is 30.3 Å². The first-order valence-corrected chi connectivity index (χ1v) is 7.47. The summed E-state index contributed by atoms with van der Waals surface area (Å²) in [6, 6.07) is 15.7. The first kappa shape index (κ1) is 15.4. The Kier molecular flexibility index (Phi) is 5.23. The number of nitrogens with one attached hydrogen (secondary N) is 1. The minimum absolute atomic E-state index is 0.0323. The molecule has 2 aromatic carbocycles. The van der Waals surface area contributed by atoms with E-state index in [9.17, 15) is 0 Å². The summed E-state index contributed by atoms with van der Waals surface area (Å²) in [5, 5.41) is 8.39. The van der Waals surface area contributed by atoms with E-state index in [4.69, 9.17) is 22.7 Å². The lowest BCUT2D eigenvalue weighted by molar-refractivity contribution is 0.785. The number of para-hydroxylation sites is 1. The van der Waals surface area contributed by atoms with E-state index in [0.29, 0.717) is 10.6 Å². The van der Waals surface area contributed by atoms with Gasteiger partial charge in [-0.25, -0.2) is 0 Å². The highest BCUT2D eigenvalue weighted by atomic mass is 35.5. The highest BCUT2D eigenvalue weighted by Gasteiger charge is 2.15. The van der Waals surface area contributed by atoms with Crippen LogP contribution >= 0.6 is 11.6 Å². The molecule has 0 aliphatic heterocycles.